The van der Waals surface area contributed by atoms with Crippen LogP contribution in [0.5, 0.6) is 0 Å². The van der Waals surface area contributed by atoms with Gasteiger partial charge in [-0.05, 0) is 12.8 Å². The first-order valence-electron chi connectivity index (χ1n) is 13.4. The van der Waals surface area contributed by atoms with Gasteiger partial charge >= 0.3 is 5.97 Å². The quantitative estimate of drug-likeness (QED) is 0.0957. The summed E-state index contributed by atoms with van der Waals surface area (Å²) in [6.45, 7) is 2.29. The lowest BCUT2D eigenvalue weighted by Crippen LogP contribution is -2.05. The Bertz CT molecular complexity index is 368. The minimum Gasteiger partial charge on any atom is -0.370 e. The number of hydrogen-bond donors (Lipinski definition) is 1. The van der Waals surface area contributed by atoms with Gasteiger partial charge in [0.05, 0.1) is 0 Å². The van der Waals surface area contributed by atoms with Gasteiger partial charge in [-0.1, -0.05) is 148 Å². The van der Waals surface area contributed by atoms with Crippen molar-refractivity contribution in [3.8, 4) is 0 Å². The molecule has 0 saturated carbocycles. The number of nitrogens with two attached hydrogens (primary N) is 1. The second-order valence-electron chi connectivity index (χ2n) is 9.05. The van der Waals surface area contributed by atoms with Crippen molar-refractivity contribution in [2.24, 2.45) is 5.90 Å². The molecule has 0 aliphatic heterocycles. The summed E-state index contributed by atoms with van der Waals surface area (Å²) in [5, 5.41) is 0. The molecule has 0 bridgehead atoms. The summed E-state index contributed by atoms with van der Waals surface area (Å²) in [5.41, 5.74) is 0. The van der Waals surface area contributed by atoms with Crippen molar-refractivity contribution in [2.45, 2.75) is 155 Å². The van der Waals surface area contributed by atoms with Gasteiger partial charge in [0.2, 0.25) is 0 Å². The molecule has 0 spiro atoms. The predicted molar refractivity (Wildman–Crippen MR) is 131 cm³/mol. The summed E-state index contributed by atoms with van der Waals surface area (Å²) in [4.78, 5) is 14.9. The molecule has 0 aromatic heterocycles. The number of hydrogen-bond acceptors (Lipinski definition) is 3. The number of rotatable bonds is 24. The molecule has 30 heavy (non-hydrogen) atoms. The monoisotopic (exact) mass is 423 g/mol. The molecule has 178 valence electrons. The van der Waals surface area contributed by atoms with E-state index in [1.807, 2.05) is 6.08 Å². The average molecular weight is 424 g/mol. The van der Waals surface area contributed by atoms with E-state index in [2.05, 4.69) is 11.8 Å². The first kappa shape index (κ1) is 29.2. The van der Waals surface area contributed by atoms with Crippen LogP contribution in [0.25, 0.3) is 0 Å². The third-order valence-corrected chi connectivity index (χ3v) is 6.09. The molecule has 0 aliphatic carbocycles. The maximum Gasteiger partial charge on any atom is 0.348 e. The van der Waals surface area contributed by atoms with E-state index in [0.29, 0.717) is 0 Å². The van der Waals surface area contributed by atoms with Crippen LogP contribution in [-0.2, 0) is 9.63 Å². The van der Waals surface area contributed by atoms with Crippen LogP contribution in [0.2, 0.25) is 0 Å². The van der Waals surface area contributed by atoms with Crippen molar-refractivity contribution >= 4 is 5.97 Å². The lowest BCUT2D eigenvalue weighted by Gasteiger charge is -2.04. The molecule has 0 saturated heterocycles. The van der Waals surface area contributed by atoms with E-state index in [-0.39, 0.29) is 0 Å². The van der Waals surface area contributed by atoms with Gasteiger partial charge in [0.1, 0.15) is 0 Å². The highest BCUT2D eigenvalue weighted by atomic mass is 16.7. The fraction of sp³-hybridized carbons (Fsp3) is 0.889. The largest absolute Gasteiger partial charge is 0.370 e. The average Bonchev–Trinajstić information content (AvgIpc) is 2.76. The fourth-order valence-electron chi connectivity index (χ4n) is 4.09. The van der Waals surface area contributed by atoms with Crippen LogP contribution in [0.1, 0.15) is 155 Å². The summed E-state index contributed by atoms with van der Waals surface area (Å²) < 4.78 is 0. The topological polar surface area (TPSA) is 52.3 Å². The van der Waals surface area contributed by atoms with Gasteiger partial charge in [-0.2, -0.15) is 5.90 Å². The van der Waals surface area contributed by atoms with Gasteiger partial charge in [-0.15, -0.1) is 0 Å². The van der Waals surface area contributed by atoms with E-state index in [4.69, 9.17) is 5.90 Å². The zero-order valence-corrected chi connectivity index (χ0v) is 20.3. The van der Waals surface area contributed by atoms with E-state index in [1.165, 1.54) is 141 Å². The predicted octanol–water partition coefficient (Wildman–Crippen LogP) is 8.95. The smallest absolute Gasteiger partial charge is 0.348 e. The Labute approximate surface area is 188 Å². The van der Waals surface area contributed by atoms with E-state index < -0.39 is 5.97 Å². The standard InChI is InChI=1S/C27H53NO2/c1-2-3-4-5-6-7-8-9-10-11-12-13-14-15-16-17-18-19-20-21-22-23-24-25-26-27(29)30-28/h25-26H,2-24,28H2,1H3/b26-25+. The van der Waals surface area contributed by atoms with Crippen LogP contribution in [0.4, 0.5) is 0 Å². The molecular weight excluding hydrogens is 370 g/mol. The molecular formula is C27H53NO2. The van der Waals surface area contributed by atoms with Crippen LogP contribution in [0, 0.1) is 0 Å². The molecule has 2 N–H and O–H groups in total. The molecule has 0 aromatic carbocycles. The summed E-state index contributed by atoms with van der Waals surface area (Å²) in [5.74, 6) is 4.31. The zero-order valence-electron chi connectivity index (χ0n) is 20.3. The highest BCUT2D eigenvalue weighted by Crippen LogP contribution is 2.15. The molecule has 0 atom stereocenters. The van der Waals surface area contributed by atoms with Gasteiger partial charge in [-0.25, -0.2) is 4.79 Å². The normalized spacial score (nSPS) is 11.4. The van der Waals surface area contributed by atoms with Crippen LogP contribution in [0.15, 0.2) is 12.2 Å². The summed E-state index contributed by atoms with van der Waals surface area (Å²) in [6, 6.07) is 0. The van der Waals surface area contributed by atoms with E-state index in [0.717, 1.165) is 12.8 Å². The van der Waals surface area contributed by atoms with Gasteiger partial charge in [-0.3, -0.25) is 0 Å². The Morgan fingerprint density at radius 2 is 0.867 bits per heavy atom. The van der Waals surface area contributed by atoms with Crippen molar-refractivity contribution in [3.05, 3.63) is 12.2 Å². The van der Waals surface area contributed by atoms with Crippen molar-refractivity contribution in [2.75, 3.05) is 0 Å². The van der Waals surface area contributed by atoms with Crippen molar-refractivity contribution in [1.29, 1.82) is 0 Å². The number of unbranched alkanes of at least 4 members (excludes halogenated alkanes) is 22. The Kier molecular flexibility index (Phi) is 25.5. The Morgan fingerprint density at radius 1 is 0.567 bits per heavy atom. The lowest BCUT2D eigenvalue weighted by atomic mass is 10.0. The Balaban J connectivity index is 3.05. The molecule has 3 heteroatoms. The minimum absolute atomic E-state index is 0.464. The Hall–Kier alpha value is -0.830. The molecule has 0 heterocycles. The van der Waals surface area contributed by atoms with Crippen molar-refractivity contribution in [3.63, 3.8) is 0 Å². The second kappa shape index (κ2) is 26.2. The third kappa shape index (κ3) is 25.2. The second-order valence-corrected chi connectivity index (χ2v) is 9.05. The highest BCUT2D eigenvalue weighted by molar-refractivity contribution is 5.81. The number of carbonyl (C=O) groups excluding carboxylic acids is 1. The first-order valence-corrected chi connectivity index (χ1v) is 13.4. The van der Waals surface area contributed by atoms with Crippen LogP contribution >= 0.6 is 0 Å². The van der Waals surface area contributed by atoms with Gasteiger partial charge in [0.25, 0.3) is 0 Å². The summed E-state index contributed by atoms with van der Waals surface area (Å²) in [6.07, 6.45) is 35.2. The van der Waals surface area contributed by atoms with E-state index in [1.54, 1.807) is 0 Å². The van der Waals surface area contributed by atoms with Crippen LogP contribution in [0.3, 0.4) is 0 Å². The van der Waals surface area contributed by atoms with Gasteiger partial charge in [0, 0.05) is 6.08 Å². The molecule has 0 aliphatic rings. The molecule has 0 rings (SSSR count). The maximum atomic E-state index is 10.8. The van der Waals surface area contributed by atoms with Crippen LogP contribution < -0.4 is 5.90 Å². The van der Waals surface area contributed by atoms with Crippen molar-refractivity contribution < 1.29 is 9.63 Å². The number of allylic oxidation sites excluding steroid dienone is 1. The molecule has 0 fully saturated rings. The maximum absolute atomic E-state index is 10.8. The molecule has 0 unspecified atom stereocenters. The zero-order chi connectivity index (χ0) is 22.0. The van der Waals surface area contributed by atoms with Crippen molar-refractivity contribution in [1.82, 2.24) is 0 Å². The lowest BCUT2D eigenvalue weighted by molar-refractivity contribution is -0.138. The van der Waals surface area contributed by atoms with E-state index >= 15 is 0 Å². The summed E-state index contributed by atoms with van der Waals surface area (Å²) >= 11 is 0. The SMILES string of the molecule is CCCCCCCCCCCCCCCCCCCCCCCC/C=C/C(=O)ON. The molecule has 0 amide bonds. The van der Waals surface area contributed by atoms with Crippen LogP contribution in [-0.4, -0.2) is 5.97 Å². The third-order valence-electron chi connectivity index (χ3n) is 6.09. The van der Waals surface area contributed by atoms with Gasteiger partial charge in [0.15, 0.2) is 0 Å². The van der Waals surface area contributed by atoms with Gasteiger partial charge < -0.3 is 4.84 Å². The molecule has 0 radical (unpaired) electrons. The fourth-order valence-corrected chi connectivity index (χ4v) is 4.09. The first-order chi connectivity index (χ1) is 14.8. The molecule has 3 nitrogen and oxygen atoms in total. The van der Waals surface area contributed by atoms with E-state index in [9.17, 15) is 4.79 Å². The molecule has 0 aromatic rings. The summed E-state index contributed by atoms with van der Waals surface area (Å²) in [7, 11) is 0. The minimum atomic E-state index is -0.464. The highest BCUT2D eigenvalue weighted by Gasteiger charge is 1.96. The Morgan fingerprint density at radius 3 is 1.17 bits per heavy atom. The number of carbonyl (C=O) groups is 1.